The lowest BCUT2D eigenvalue weighted by Crippen LogP contribution is -2.57. The molecule has 21 heavy (non-hydrogen) atoms. The lowest BCUT2D eigenvalue weighted by Gasteiger charge is -2.36. The zero-order valence-corrected chi connectivity index (χ0v) is 12.9. The predicted molar refractivity (Wildman–Crippen MR) is 76.4 cm³/mol. The molecule has 8 heteroatoms. The van der Waals surface area contributed by atoms with Crippen LogP contribution >= 0.6 is 12.4 Å². The van der Waals surface area contributed by atoms with Gasteiger partial charge >= 0.3 is 6.18 Å². The van der Waals surface area contributed by atoms with E-state index in [0.29, 0.717) is 32.1 Å². The molecular weight excluding hydrogens is 307 g/mol. The Kier molecular flexibility index (Phi) is 6.74. The van der Waals surface area contributed by atoms with E-state index in [0.717, 1.165) is 12.8 Å². The van der Waals surface area contributed by atoms with Gasteiger partial charge in [0.1, 0.15) is 6.04 Å². The average molecular weight is 330 g/mol. The Morgan fingerprint density at radius 3 is 2.38 bits per heavy atom. The van der Waals surface area contributed by atoms with Crippen molar-refractivity contribution >= 4 is 18.3 Å². The van der Waals surface area contributed by atoms with Crippen molar-refractivity contribution in [2.75, 3.05) is 32.7 Å². The highest BCUT2D eigenvalue weighted by Crippen LogP contribution is 2.36. The van der Waals surface area contributed by atoms with E-state index in [2.05, 4.69) is 10.6 Å². The maximum absolute atomic E-state index is 13.1. The molecule has 4 nitrogen and oxygen atoms in total. The van der Waals surface area contributed by atoms with Crippen molar-refractivity contribution in [2.24, 2.45) is 11.8 Å². The molecule has 0 aromatic heterocycles. The third-order valence-electron chi connectivity index (χ3n) is 4.18. The van der Waals surface area contributed by atoms with E-state index in [9.17, 15) is 18.0 Å². The maximum Gasteiger partial charge on any atom is 0.405 e. The normalized spacial score (nSPS) is 23.0. The van der Waals surface area contributed by atoms with Crippen LogP contribution in [0.1, 0.15) is 19.8 Å². The summed E-state index contributed by atoms with van der Waals surface area (Å²) >= 11 is 0. The summed E-state index contributed by atoms with van der Waals surface area (Å²) < 4.78 is 39.3. The quantitative estimate of drug-likeness (QED) is 0.801. The number of piperazine rings is 1. The molecule has 0 spiro atoms. The predicted octanol–water partition coefficient (Wildman–Crippen LogP) is 1.41. The Hall–Kier alpha value is -0.530. The van der Waals surface area contributed by atoms with Gasteiger partial charge in [0.25, 0.3) is 0 Å². The van der Waals surface area contributed by atoms with E-state index in [1.807, 2.05) is 0 Å². The van der Waals surface area contributed by atoms with Gasteiger partial charge in [-0.3, -0.25) is 9.69 Å². The van der Waals surface area contributed by atoms with Gasteiger partial charge < -0.3 is 10.6 Å². The Balaban J connectivity index is 0.00000220. The van der Waals surface area contributed by atoms with E-state index < -0.39 is 12.2 Å². The fraction of sp³-hybridized carbons (Fsp3) is 0.923. The van der Waals surface area contributed by atoms with Gasteiger partial charge in [0.15, 0.2) is 0 Å². The summed E-state index contributed by atoms with van der Waals surface area (Å²) in [7, 11) is 0. The summed E-state index contributed by atoms with van der Waals surface area (Å²) in [5.41, 5.74) is 0. The van der Waals surface area contributed by atoms with Crippen LogP contribution in [-0.4, -0.2) is 55.7 Å². The minimum absolute atomic E-state index is 0. The van der Waals surface area contributed by atoms with Crippen molar-refractivity contribution in [2.45, 2.75) is 32.0 Å². The molecule has 1 aliphatic heterocycles. The van der Waals surface area contributed by atoms with Gasteiger partial charge in [-0.05, 0) is 18.8 Å². The van der Waals surface area contributed by atoms with E-state index in [1.54, 1.807) is 6.92 Å². The molecule has 2 rings (SSSR count). The van der Waals surface area contributed by atoms with E-state index >= 15 is 0 Å². The van der Waals surface area contributed by atoms with Gasteiger partial charge in [-0.15, -0.1) is 12.4 Å². The third-order valence-corrected chi connectivity index (χ3v) is 4.18. The number of carbonyl (C=O) groups excluding carboxylic acids is 1. The second kappa shape index (κ2) is 7.65. The molecule has 1 saturated heterocycles. The fourth-order valence-corrected chi connectivity index (χ4v) is 2.61. The number of hydrogen-bond acceptors (Lipinski definition) is 3. The Labute approximate surface area is 129 Å². The minimum Gasteiger partial charge on any atom is -0.354 e. The van der Waals surface area contributed by atoms with Gasteiger partial charge in [0, 0.05) is 38.6 Å². The number of rotatable bonds is 5. The number of hydrogen-bond donors (Lipinski definition) is 2. The summed E-state index contributed by atoms with van der Waals surface area (Å²) in [6, 6.07) is -1.58. The number of halogens is 4. The highest BCUT2D eigenvalue weighted by molar-refractivity contribution is 5.85. The first-order valence-electron chi connectivity index (χ1n) is 7.19. The van der Waals surface area contributed by atoms with Crippen LogP contribution in [0.2, 0.25) is 0 Å². The van der Waals surface area contributed by atoms with Crippen LogP contribution in [0.25, 0.3) is 0 Å². The lowest BCUT2D eigenvalue weighted by molar-refractivity contribution is -0.184. The van der Waals surface area contributed by atoms with E-state index in [4.69, 9.17) is 0 Å². The molecule has 0 aromatic carbocycles. The zero-order valence-electron chi connectivity index (χ0n) is 12.1. The molecule has 1 aliphatic carbocycles. The van der Waals surface area contributed by atoms with Gasteiger partial charge in [0.05, 0.1) is 0 Å². The van der Waals surface area contributed by atoms with Crippen molar-refractivity contribution in [3.63, 3.8) is 0 Å². The summed E-state index contributed by atoms with van der Waals surface area (Å²) in [6.07, 6.45) is -2.29. The summed E-state index contributed by atoms with van der Waals surface area (Å²) in [6.45, 7) is 3.27. The Morgan fingerprint density at radius 1 is 1.33 bits per heavy atom. The second-order valence-corrected chi connectivity index (χ2v) is 5.71. The second-order valence-electron chi connectivity index (χ2n) is 5.71. The maximum atomic E-state index is 13.1. The summed E-state index contributed by atoms with van der Waals surface area (Å²) in [5.74, 6) is -0.0673. The molecule has 2 N–H and O–H groups in total. The van der Waals surface area contributed by atoms with Crippen molar-refractivity contribution in [3.8, 4) is 0 Å². The van der Waals surface area contributed by atoms with Crippen LogP contribution in [0, 0.1) is 11.8 Å². The van der Waals surface area contributed by atoms with Crippen LogP contribution in [0.4, 0.5) is 13.2 Å². The Morgan fingerprint density at radius 2 is 1.90 bits per heavy atom. The Bertz CT molecular complexity index is 344. The monoisotopic (exact) mass is 329 g/mol. The molecule has 0 bridgehead atoms. The van der Waals surface area contributed by atoms with E-state index in [-0.39, 0.29) is 30.8 Å². The van der Waals surface area contributed by atoms with Crippen LogP contribution in [0.3, 0.4) is 0 Å². The van der Waals surface area contributed by atoms with Gasteiger partial charge in [-0.1, -0.05) is 6.92 Å². The molecule has 124 valence electrons. The molecule has 0 radical (unpaired) electrons. The highest BCUT2D eigenvalue weighted by Gasteiger charge is 2.44. The lowest BCUT2D eigenvalue weighted by atomic mass is 10.1. The topological polar surface area (TPSA) is 44.4 Å². The molecule has 0 aromatic rings. The standard InChI is InChI=1S/C13H22F3N3O.ClH/c1-9(10-2-3-10)12(20)18-8-11(13(14,15)16)19-6-4-17-5-7-19;/h9-11,17H,2-8H2,1H3,(H,18,20);1H. The summed E-state index contributed by atoms with van der Waals surface area (Å²) in [4.78, 5) is 13.2. The van der Waals surface area contributed by atoms with Crippen LogP contribution in [0.15, 0.2) is 0 Å². The molecule has 1 saturated carbocycles. The smallest absolute Gasteiger partial charge is 0.354 e. The zero-order chi connectivity index (χ0) is 14.8. The fourth-order valence-electron chi connectivity index (χ4n) is 2.61. The first-order valence-corrected chi connectivity index (χ1v) is 7.19. The SMILES string of the molecule is CC(C(=O)NCC(N1CCNCC1)C(F)(F)F)C1CC1.Cl. The number of alkyl halides is 3. The number of amides is 1. The molecule has 2 atom stereocenters. The van der Waals surface area contributed by atoms with Crippen LogP contribution < -0.4 is 10.6 Å². The molecule has 2 aliphatic rings. The van der Waals surface area contributed by atoms with E-state index in [1.165, 1.54) is 4.90 Å². The number of nitrogens with zero attached hydrogens (tertiary/aromatic N) is 1. The van der Waals surface area contributed by atoms with Crippen molar-refractivity contribution in [1.29, 1.82) is 0 Å². The average Bonchev–Trinajstić information content (AvgIpc) is 3.22. The number of carbonyl (C=O) groups is 1. The molecule has 2 unspecified atom stereocenters. The largest absolute Gasteiger partial charge is 0.405 e. The third kappa shape index (κ3) is 5.30. The van der Waals surface area contributed by atoms with Crippen LogP contribution in [0.5, 0.6) is 0 Å². The van der Waals surface area contributed by atoms with Gasteiger partial charge in [0.2, 0.25) is 5.91 Å². The van der Waals surface area contributed by atoms with Crippen molar-refractivity contribution < 1.29 is 18.0 Å². The van der Waals surface area contributed by atoms with Crippen molar-refractivity contribution in [3.05, 3.63) is 0 Å². The first kappa shape index (κ1) is 18.5. The molecule has 2 fully saturated rings. The van der Waals surface area contributed by atoms with Crippen molar-refractivity contribution in [1.82, 2.24) is 15.5 Å². The van der Waals surface area contributed by atoms with Gasteiger partial charge in [-0.25, -0.2) is 0 Å². The minimum atomic E-state index is -4.31. The molecule has 1 amide bonds. The van der Waals surface area contributed by atoms with Crippen LogP contribution in [-0.2, 0) is 4.79 Å². The number of nitrogens with one attached hydrogen (secondary N) is 2. The summed E-state index contributed by atoms with van der Waals surface area (Å²) in [5, 5.41) is 5.52. The molecule has 1 heterocycles. The molecular formula is C13H23ClF3N3O. The van der Waals surface area contributed by atoms with Gasteiger partial charge in [-0.2, -0.15) is 13.2 Å². The first-order chi connectivity index (χ1) is 9.39. The highest BCUT2D eigenvalue weighted by atomic mass is 35.5.